The summed E-state index contributed by atoms with van der Waals surface area (Å²) < 4.78 is 63.8. The Hall–Kier alpha value is -2.11. The van der Waals surface area contributed by atoms with E-state index in [2.05, 4.69) is 5.10 Å². The van der Waals surface area contributed by atoms with Crippen LogP contribution in [0.5, 0.6) is 5.88 Å². The molecule has 0 spiro atoms. The number of hydrogen-bond acceptors (Lipinski definition) is 6. The summed E-state index contributed by atoms with van der Waals surface area (Å²) in [4.78, 5) is 13.8. The smallest absolute Gasteiger partial charge is 0.401 e. The fraction of sp³-hybridized carbons (Fsp3) is 0.474. The van der Waals surface area contributed by atoms with Crippen molar-refractivity contribution in [2.45, 2.75) is 36.4 Å². The molecular formula is C19H21ClF3N3O4S. The lowest BCUT2D eigenvalue weighted by Gasteiger charge is -2.21. The van der Waals surface area contributed by atoms with Gasteiger partial charge in [-0.25, -0.2) is 13.1 Å². The minimum absolute atomic E-state index is 0.0255. The third kappa shape index (κ3) is 5.04. The highest BCUT2D eigenvalue weighted by Gasteiger charge is 2.36. The molecule has 0 atom stereocenters. The van der Waals surface area contributed by atoms with Gasteiger partial charge in [0.2, 0.25) is 11.7 Å². The summed E-state index contributed by atoms with van der Waals surface area (Å²) in [5, 5.41) is 14.3. The summed E-state index contributed by atoms with van der Waals surface area (Å²) in [5.41, 5.74) is 0.158. The molecule has 0 bridgehead atoms. The predicted octanol–water partition coefficient (Wildman–Crippen LogP) is 3.29. The van der Waals surface area contributed by atoms with E-state index in [1.165, 1.54) is 20.2 Å². The molecule has 1 heterocycles. The molecule has 1 N–H and O–H groups in total. The van der Waals surface area contributed by atoms with Crippen LogP contribution in [-0.2, 0) is 23.4 Å². The van der Waals surface area contributed by atoms with Gasteiger partial charge in [0.15, 0.2) is 9.84 Å². The van der Waals surface area contributed by atoms with E-state index in [1.807, 2.05) is 0 Å². The Balaban J connectivity index is 2.10. The van der Waals surface area contributed by atoms with Crippen molar-refractivity contribution in [3.63, 3.8) is 0 Å². The van der Waals surface area contributed by atoms with Crippen molar-refractivity contribution in [1.29, 1.82) is 0 Å². The molecule has 0 amide bonds. The Bertz CT molecular complexity index is 1140. The first kappa shape index (κ1) is 23.6. The maximum Gasteiger partial charge on any atom is 0.401 e. The van der Waals surface area contributed by atoms with Gasteiger partial charge in [-0.15, -0.1) is 0 Å². The number of ketones is 1. The third-order valence-corrected chi connectivity index (χ3v) is 6.57. The number of nitrogens with zero attached hydrogens (tertiary/aromatic N) is 3. The molecule has 1 aromatic carbocycles. The van der Waals surface area contributed by atoms with Crippen molar-refractivity contribution in [2.75, 3.05) is 19.8 Å². The van der Waals surface area contributed by atoms with Gasteiger partial charge in [0.05, 0.1) is 22.2 Å². The molecule has 170 valence electrons. The van der Waals surface area contributed by atoms with Crippen LogP contribution >= 0.6 is 11.6 Å². The quantitative estimate of drug-likeness (QED) is 0.613. The van der Waals surface area contributed by atoms with Crippen LogP contribution in [0.15, 0.2) is 17.0 Å². The Morgan fingerprint density at radius 1 is 1.35 bits per heavy atom. The van der Waals surface area contributed by atoms with Gasteiger partial charge < -0.3 is 5.11 Å². The molecule has 1 fully saturated rings. The highest BCUT2D eigenvalue weighted by atomic mass is 35.5. The molecule has 31 heavy (non-hydrogen) atoms. The van der Waals surface area contributed by atoms with E-state index in [9.17, 15) is 31.5 Å². The summed E-state index contributed by atoms with van der Waals surface area (Å²) in [5.74, 6) is -0.999. The van der Waals surface area contributed by atoms with Gasteiger partial charge in [-0.05, 0) is 32.0 Å². The molecule has 12 heteroatoms. The summed E-state index contributed by atoms with van der Waals surface area (Å²) in [6.07, 6.45) is -1.97. The van der Waals surface area contributed by atoms with E-state index in [0.29, 0.717) is 5.69 Å². The number of aromatic nitrogens is 2. The zero-order chi connectivity index (χ0) is 23.3. The largest absolute Gasteiger partial charge is 0.493 e. The second-order valence-electron chi connectivity index (χ2n) is 7.77. The second-order valence-corrected chi connectivity index (χ2v) is 10.1. The van der Waals surface area contributed by atoms with Crippen molar-refractivity contribution in [1.82, 2.24) is 14.7 Å². The van der Waals surface area contributed by atoms with Crippen LogP contribution in [-0.4, -0.2) is 60.0 Å². The third-order valence-electron chi connectivity index (χ3n) is 4.96. The molecule has 1 saturated carbocycles. The Morgan fingerprint density at radius 2 is 1.97 bits per heavy atom. The standard InChI is InChI=1S/C19H21ClF3N3O4S/c1-25(9-19(21,22)23)8-12-13(31(3,29)30)7-6-11(15(12)20)17(27)14-16(10-4-5-10)24-26(2)18(14)28/h6-7,10,28H,4-5,8-9H2,1-3H3. The lowest BCUT2D eigenvalue weighted by molar-refractivity contribution is -0.144. The van der Waals surface area contributed by atoms with E-state index in [0.717, 1.165) is 34.7 Å². The van der Waals surface area contributed by atoms with Gasteiger partial charge in [-0.3, -0.25) is 9.69 Å². The van der Waals surface area contributed by atoms with Crippen molar-refractivity contribution < 1.29 is 31.5 Å². The van der Waals surface area contributed by atoms with Crippen molar-refractivity contribution in [2.24, 2.45) is 7.05 Å². The Morgan fingerprint density at radius 3 is 2.48 bits per heavy atom. The van der Waals surface area contributed by atoms with Crippen LogP contribution in [0, 0.1) is 0 Å². The summed E-state index contributed by atoms with van der Waals surface area (Å²) in [6, 6.07) is 2.35. The minimum atomic E-state index is -4.50. The molecule has 1 aliphatic carbocycles. The normalized spacial score (nSPS) is 15.0. The van der Waals surface area contributed by atoms with Crippen LogP contribution in [0.1, 0.15) is 45.9 Å². The number of carbonyl (C=O) groups excluding carboxylic acids is 1. The zero-order valence-corrected chi connectivity index (χ0v) is 18.6. The molecule has 0 radical (unpaired) electrons. The molecule has 2 aromatic rings. The van der Waals surface area contributed by atoms with Gasteiger partial charge in [0.1, 0.15) is 5.56 Å². The van der Waals surface area contributed by atoms with Gasteiger partial charge >= 0.3 is 6.18 Å². The first-order valence-electron chi connectivity index (χ1n) is 9.28. The highest BCUT2D eigenvalue weighted by molar-refractivity contribution is 7.90. The number of aromatic hydroxyl groups is 1. The highest BCUT2D eigenvalue weighted by Crippen LogP contribution is 2.44. The molecule has 3 rings (SSSR count). The van der Waals surface area contributed by atoms with E-state index < -0.39 is 34.9 Å². The minimum Gasteiger partial charge on any atom is -0.493 e. The number of halogens is 4. The van der Waals surface area contributed by atoms with E-state index in [1.54, 1.807) is 0 Å². The number of rotatable bonds is 7. The Labute approximate surface area is 182 Å². The topological polar surface area (TPSA) is 92.5 Å². The lowest BCUT2D eigenvalue weighted by Crippen LogP contribution is -2.31. The number of benzene rings is 1. The summed E-state index contributed by atoms with van der Waals surface area (Å²) in [6.45, 7) is -1.74. The van der Waals surface area contributed by atoms with Crippen LogP contribution < -0.4 is 0 Å². The van der Waals surface area contributed by atoms with E-state index in [4.69, 9.17) is 11.6 Å². The maximum atomic E-state index is 13.2. The van der Waals surface area contributed by atoms with E-state index >= 15 is 0 Å². The zero-order valence-electron chi connectivity index (χ0n) is 17.0. The van der Waals surface area contributed by atoms with Gasteiger partial charge in [-0.2, -0.15) is 18.3 Å². The van der Waals surface area contributed by atoms with Crippen molar-refractivity contribution in [3.8, 4) is 5.88 Å². The fourth-order valence-corrected chi connectivity index (χ4v) is 4.73. The number of aryl methyl sites for hydroxylation is 1. The van der Waals surface area contributed by atoms with Gasteiger partial charge in [0, 0.05) is 36.9 Å². The van der Waals surface area contributed by atoms with Gasteiger partial charge in [-0.1, -0.05) is 11.6 Å². The number of hydrogen-bond donors (Lipinski definition) is 1. The number of alkyl halides is 3. The van der Waals surface area contributed by atoms with Crippen LogP contribution in [0.2, 0.25) is 5.02 Å². The number of carbonyl (C=O) groups is 1. The fourth-order valence-electron chi connectivity index (χ4n) is 3.44. The lowest BCUT2D eigenvalue weighted by atomic mass is 9.99. The molecule has 1 aromatic heterocycles. The molecule has 0 saturated heterocycles. The van der Waals surface area contributed by atoms with Crippen LogP contribution in [0.25, 0.3) is 0 Å². The molecule has 7 nitrogen and oxygen atoms in total. The van der Waals surface area contributed by atoms with Crippen LogP contribution in [0.3, 0.4) is 0 Å². The van der Waals surface area contributed by atoms with Crippen molar-refractivity contribution in [3.05, 3.63) is 39.5 Å². The average Bonchev–Trinajstić information content (AvgIpc) is 3.40. The molecule has 1 aliphatic rings. The summed E-state index contributed by atoms with van der Waals surface area (Å²) in [7, 11) is -1.19. The van der Waals surface area contributed by atoms with Crippen LogP contribution in [0.4, 0.5) is 13.2 Å². The number of sulfone groups is 1. The SMILES string of the molecule is CN(Cc1c(S(C)(=O)=O)ccc(C(=O)c2c(C3CC3)nn(C)c2O)c1Cl)CC(F)(F)F. The maximum absolute atomic E-state index is 13.2. The molecular weight excluding hydrogens is 459 g/mol. The summed E-state index contributed by atoms with van der Waals surface area (Å²) >= 11 is 6.38. The van der Waals surface area contributed by atoms with Gasteiger partial charge in [0.25, 0.3) is 0 Å². The van der Waals surface area contributed by atoms with Crippen molar-refractivity contribution >= 4 is 27.2 Å². The molecule has 0 aliphatic heterocycles. The van der Waals surface area contributed by atoms with E-state index in [-0.39, 0.29) is 38.4 Å². The first-order valence-corrected chi connectivity index (χ1v) is 11.5. The average molecular weight is 480 g/mol. The monoisotopic (exact) mass is 479 g/mol. The predicted molar refractivity (Wildman–Crippen MR) is 107 cm³/mol. The molecule has 0 unspecified atom stereocenters. The Kier molecular flexibility index (Phi) is 6.16. The second kappa shape index (κ2) is 8.10. The first-order chi connectivity index (χ1) is 14.2.